The molecule has 10 heteroatoms. The molecule has 1 aromatic heterocycles. The average molecular weight is 449 g/mol. The summed E-state index contributed by atoms with van der Waals surface area (Å²) < 4.78 is 39.7. The molecular formula is C22H26F3N5O2. The Balaban J connectivity index is 1.66. The van der Waals surface area contributed by atoms with Crippen LogP contribution in [-0.2, 0) is 11.0 Å². The molecule has 0 aliphatic carbocycles. The highest BCUT2D eigenvalue weighted by Crippen LogP contribution is 2.32. The largest absolute Gasteiger partial charge is 0.417 e. The highest BCUT2D eigenvalue weighted by Gasteiger charge is 2.36. The van der Waals surface area contributed by atoms with Gasteiger partial charge in [-0.15, -0.1) is 5.10 Å². The van der Waals surface area contributed by atoms with E-state index in [0.29, 0.717) is 31.0 Å². The van der Waals surface area contributed by atoms with Gasteiger partial charge in [-0.3, -0.25) is 9.59 Å². The second kappa shape index (κ2) is 9.54. The van der Waals surface area contributed by atoms with E-state index in [1.54, 1.807) is 12.1 Å². The van der Waals surface area contributed by atoms with Gasteiger partial charge in [0, 0.05) is 26.2 Å². The minimum absolute atomic E-state index is 0.256. The number of carbonyl (C=O) groups is 2. The number of alkyl halides is 3. The van der Waals surface area contributed by atoms with Crippen molar-refractivity contribution in [2.24, 2.45) is 11.7 Å². The molecule has 7 nitrogen and oxygen atoms in total. The van der Waals surface area contributed by atoms with Crippen molar-refractivity contribution < 1.29 is 22.8 Å². The molecule has 32 heavy (non-hydrogen) atoms. The zero-order valence-corrected chi connectivity index (χ0v) is 18.0. The third-order valence-electron chi connectivity index (χ3n) is 5.43. The van der Waals surface area contributed by atoms with Crippen molar-refractivity contribution in [2.45, 2.75) is 32.4 Å². The van der Waals surface area contributed by atoms with Crippen molar-refractivity contribution in [3.63, 3.8) is 0 Å². The van der Waals surface area contributed by atoms with Crippen molar-refractivity contribution in [3.8, 4) is 0 Å². The first-order chi connectivity index (χ1) is 15.1. The third-order valence-corrected chi connectivity index (χ3v) is 5.43. The first-order valence-electron chi connectivity index (χ1n) is 10.4. The summed E-state index contributed by atoms with van der Waals surface area (Å²) in [7, 11) is 0. The summed E-state index contributed by atoms with van der Waals surface area (Å²) in [6, 6.07) is 8.28. The molecule has 0 saturated carbocycles. The van der Waals surface area contributed by atoms with E-state index in [2.05, 4.69) is 10.2 Å². The molecule has 2 heterocycles. The Kier molecular flexibility index (Phi) is 7.00. The number of carbonyl (C=O) groups excluding carboxylic acids is 2. The number of aromatic nitrogens is 2. The highest BCUT2D eigenvalue weighted by atomic mass is 19.4. The van der Waals surface area contributed by atoms with Crippen LogP contribution >= 0.6 is 0 Å². The van der Waals surface area contributed by atoms with Crippen LogP contribution in [0.4, 0.5) is 19.0 Å². The molecule has 1 atom stereocenters. The van der Waals surface area contributed by atoms with Gasteiger partial charge in [0.15, 0.2) is 5.82 Å². The van der Waals surface area contributed by atoms with E-state index >= 15 is 0 Å². The average Bonchev–Trinajstić information content (AvgIpc) is 2.76. The van der Waals surface area contributed by atoms with E-state index < -0.39 is 29.5 Å². The van der Waals surface area contributed by atoms with Crippen LogP contribution in [0.1, 0.15) is 47.8 Å². The summed E-state index contributed by atoms with van der Waals surface area (Å²) in [5.41, 5.74) is 4.73. The Hall–Kier alpha value is -3.17. The number of primary amides is 1. The Bertz CT molecular complexity index is 955. The van der Waals surface area contributed by atoms with Gasteiger partial charge in [0.2, 0.25) is 5.91 Å². The van der Waals surface area contributed by atoms with Gasteiger partial charge in [-0.25, -0.2) is 0 Å². The van der Waals surface area contributed by atoms with E-state index in [4.69, 9.17) is 5.73 Å². The number of hydrogen-bond donors (Lipinski definition) is 1. The molecule has 1 saturated heterocycles. The van der Waals surface area contributed by atoms with Gasteiger partial charge < -0.3 is 15.5 Å². The van der Waals surface area contributed by atoms with Gasteiger partial charge in [-0.05, 0) is 36.6 Å². The zero-order chi connectivity index (χ0) is 23.5. The molecule has 0 bridgehead atoms. The van der Waals surface area contributed by atoms with Crippen molar-refractivity contribution in [1.82, 2.24) is 15.1 Å². The smallest absolute Gasteiger partial charge is 0.369 e. The quantitative estimate of drug-likeness (QED) is 0.732. The molecule has 1 aliphatic rings. The molecule has 1 fully saturated rings. The lowest BCUT2D eigenvalue weighted by Gasteiger charge is -2.35. The monoisotopic (exact) mass is 449 g/mol. The van der Waals surface area contributed by atoms with Crippen LogP contribution in [0.15, 0.2) is 36.4 Å². The lowest BCUT2D eigenvalue weighted by molar-refractivity contribution is -0.138. The van der Waals surface area contributed by atoms with E-state index in [0.717, 1.165) is 6.07 Å². The van der Waals surface area contributed by atoms with Crippen LogP contribution in [0.2, 0.25) is 0 Å². The molecule has 1 aromatic carbocycles. The summed E-state index contributed by atoms with van der Waals surface area (Å²) in [4.78, 5) is 27.8. The summed E-state index contributed by atoms with van der Waals surface area (Å²) in [5, 5.41) is 8.37. The van der Waals surface area contributed by atoms with Crippen LogP contribution in [0, 0.1) is 5.92 Å². The number of anilines is 1. The fourth-order valence-electron chi connectivity index (χ4n) is 3.77. The summed E-state index contributed by atoms with van der Waals surface area (Å²) in [5.74, 6) is -0.768. The Morgan fingerprint density at radius 1 is 1.03 bits per heavy atom. The number of nitrogens with two attached hydrogens (primary N) is 1. The lowest BCUT2D eigenvalue weighted by atomic mass is 9.93. The SMILES string of the molecule is CC(C)CC(C(N)=O)c1ccc(N2CCN(C(=O)c3ccccc3C(F)(F)F)CC2)nn1. The fourth-order valence-corrected chi connectivity index (χ4v) is 3.77. The van der Waals surface area contributed by atoms with E-state index in [9.17, 15) is 22.8 Å². The highest BCUT2D eigenvalue weighted by molar-refractivity contribution is 5.96. The van der Waals surface area contributed by atoms with Gasteiger partial charge in [-0.1, -0.05) is 26.0 Å². The van der Waals surface area contributed by atoms with Crippen LogP contribution < -0.4 is 10.6 Å². The first-order valence-corrected chi connectivity index (χ1v) is 10.4. The molecule has 2 amide bonds. The fraction of sp³-hybridized carbons (Fsp3) is 0.455. The van der Waals surface area contributed by atoms with E-state index in [1.807, 2.05) is 18.7 Å². The maximum atomic E-state index is 13.2. The topological polar surface area (TPSA) is 92.4 Å². The molecule has 172 valence electrons. The maximum absolute atomic E-state index is 13.2. The maximum Gasteiger partial charge on any atom is 0.417 e. The Morgan fingerprint density at radius 2 is 1.69 bits per heavy atom. The minimum Gasteiger partial charge on any atom is -0.369 e. The van der Waals surface area contributed by atoms with Crippen molar-refractivity contribution in [3.05, 3.63) is 53.2 Å². The van der Waals surface area contributed by atoms with Gasteiger partial charge in [0.05, 0.1) is 22.7 Å². The van der Waals surface area contributed by atoms with Crippen molar-refractivity contribution in [2.75, 3.05) is 31.1 Å². The van der Waals surface area contributed by atoms with Gasteiger partial charge in [0.25, 0.3) is 5.91 Å². The number of nitrogens with zero attached hydrogens (tertiary/aromatic N) is 4. The minimum atomic E-state index is -4.59. The van der Waals surface area contributed by atoms with E-state index in [1.165, 1.54) is 23.1 Å². The number of hydrogen-bond acceptors (Lipinski definition) is 5. The van der Waals surface area contributed by atoms with Gasteiger partial charge in [0.1, 0.15) is 0 Å². The number of rotatable bonds is 6. The van der Waals surface area contributed by atoms with Crippen LogP contribution in [0.5, 0.6) is 0 Å². The summed E-state index contributed by atoms with van der Waals surface area (Å²) in [6.07, 6.45) is -4.02. The zero-order valence-electron chi connectivity index (χ0n) is 18.0. The number of piperazine rings is 1. The first kappa shape index (κ1) is 23.5. The lowest BCUT2D eigenvalue weighted by Crippen LogP contribution is -2.49. The molecule has 0 radical (unpaired) electrons. The second-order valence-corrected chi connectivity index (χ2v) is 8.22. The standard InChI is InChI=1S/C22H26F3N5O2/c1-14(2)13-16(20(26)31)18-7-8-19(28-27-18)29-9-11-30(12-10-29)21(32)15-5-3-4-6-17(15)22(23,24)25/h3-8,14,16H,9-13H2,1-2H3,(H2,26,31). The Labute approximate surface area is 184 Å². The molecule has 2 N–H and O–H groups in total. The van der Waals surface area contributed by atoms with E-state index in [-0.39, 0.29) is 24.6 Å². The van der Waals surface area contributed by atoms with Gasteiger partial charge >= 0.3 is 6.18 Å². The summed E-state index contributed by atoms with van der Waals surface area (Å²) >= 11 is 0. The molecule has 2 aromatic rings. The second-order valence-electron chi connectivity index (χ2n) is 8.22. The third kappa shape index (κ3) is 5.35. The van der Waals surface area contributed by atoms with Crippen LogP contribution in [0.25, 0.3) is 0 Å². The number of amides is 2. The predicted octanol–water partition coefficient (Wildman–Crippen LogP) is 3.07. The molecular weight excluding hydrogens is 423 g/mol. The molecule has 1 aliphatic heterocycles. The molecule has 1 unspecified atom stereocenters. The number of benzene rings is 1. The van der Waals surface area contributed by atoms with Gasteiger partial charge in [-0.2, -0.15) is 18.3 Å². The number of halogens is 3. The van der Waals surface area contributed by atoms with Crippen LogP contribution in [0.3, 0.4) is 0 Å². The predicted molar refractivity (Wildman–Crippen MR) is 113 cm³/mol. The Morgan fingerprint density at radius 3 is 2.22 bits per heavy atom. The molecule has 3 rings (SSSR count). The van der Waals surface area contributed by atoms with Crippen molar-refractivity contribution in [1.29, 1.82) is 0 Å². The molecule has 0 spiro atoms. The summed E-state index contributed by atoms with van der Waals surface area (Å²) in [6.45, 7) is 5.30. The normalized spacial score (nSPS) is 15.7. The van der Waals surface area contributed by atoms with Crippen molar-refractivity contribution >= 4 is 17.6 Å². The van der Waals surface area contributed by atoms with Crippen LogP contribution in [-0.4, -0.2) is 53.1 Å².